The van der Waals surface area contributed by atoms with Gasteiger partial charge in [-0.15, -0.1) is 5.10 Å². The molecule has 0 radical (unpaired) electrons. The van der Waals surface area contributed by atoms with Crippen LogP contribution in [-0.2, 0) is 27.8 Å². The summed E-state index contributed by atoms with van der Waals surface area (Å²) in [6.07, 6.45) is 2.10. The van der Waals surface area contributed by atoms with Crippen molar-refractivity contribution in [2.45, 2.75) is 32.2 Å². The standard InChI is InChI=1S/C19H24N6O4S/c1-11(26)22-12-3-4-16-15(9-12)13(5-7-21-16)19(27)25-17-10-24(30(2,28)29)8-6-14(17)18(20)23-25/h3-4,9,13,21H,5-8,10H2,1-2H3,(H2,20,23)(H,22,26). The Balaban J connectivity index is 1.72. The minimum atomic E-state index is -3.40. The van der Waals surface area contributed by atoms with Gasteiger partial charge in [0.25, 0.3) is 5.91 Å². The average Bonchev–Trinajstić information content (AvgIpc) is 3.02. The zero-order valence-electron chi connectivity index (χ0n) is 16.8. The van der Waals surface area contributed by atoms with Crippen LogP contribution >= 0.6 is 0 Å². The number of nitrogens with two attached hydrogens (primary N) is 1. The Kier molecular flexibility index (Phi) is 5.02. The first-order valence-corrected chi connectivity index (χ1v) is 11.5. The van der Waals surface area contributed by atoms with Crippen molar-refractivity contribution in [2.75, 3.05) is 35.7 Å². The number of carbonyl (C=O) groups is 2. The van der Waals surface area contributed by atoms with Gasteiger partial charge in [0, 0.05) is 37.0 Å². The summed E-state index contributed by atoms with van der Waals surface area (Å²) in [6.45, 7) is 2.41. The van der Waals surface area contributed by atoms with E-state index in [1.54, 1.807) is 12.1 Å². The van der Waals surface area contributed by atoms with E-state index in [1.807, 2.05) is 6.07 Å². The number of fused-ring (bicyclic) bond motifs is 2. The van der Waals surface area contributed by atoms with Gasteiger partial charge in [0.2, 0.25) is 15.9 Å². The fourth-order valence-corrected chi connectivity index (χ4v) is 4.87. The highest BCUT2D eigenvalue weighted by Gasteiger charge is 2.34. The van der Waals surface area contributed by atoms with E-state index in [0.717, 1.165) is 23.1 Å². The number of carbonyl (C=O) groups excluding carboxylic acids is 2. The van der Waals surface area contributed by atoms with Gasteiger partial charge in [0.1, 0.15) is 5.82 Å². The molecule has 0 bridgehead atoms. The number of amides is 1. The lowest BCUT2D eigenvalue weighted by molar-refractivity contribution is -0.114. The molecular weight excluding hydrogens is 408 g/mol. The maximum Gasteiger partial charge on any atom is 0.254 e. The lowest BCUT2D eigenvalue weighted by Gasteiger charge is -2.28. The van der Waals surface area contributed by atoms with E-state index in [9.17, 15) is 18.0 Å². The normalized spacial score (nSPS) is 18.8. The molecule has 4 N–H and O–H groups in total. The van der Waals surface area contributed by atoms with Crippen molar-refractivity contribution < 1.29 is 18.0 Å². The summed E-state index contributed by atoms with van der Waals surface area (Å²) in [5.74, 6) is -0.697. The monoisotopic (exact) mass is 432 g/mol. The molecule has 1 aromatic carbocycles. The van der Waals surface area contributed by atoms with Crippen LogP contribution < -0.4 is 16.4 Å². The zero-order chi connectivity index (χ0) is 21.6. The summed E-state index contributed by atoms with van der Waals surface area (Å²) < 4.78 is 26.6. The number of anilines is 3. The van der Waals surface area contributed by atoms with Crippen molar-refractivity contribution in [3.8, 4) is 0 Å². The van der Waals surface area contributed by atoms with Gasteiger partial charge in [-0.1, -0.05) is 0 Å². The maximum atomic E-state index is 13.5. The molecule has 1 unspecified atom stereocenters. The second-order valence-corrected chi connectivity index (χ2v) is 9.64. The average molecular weight is 433 g/mol. The van der Waals surface area contributed by atoms with Gasteiger partial charge in [-0.25, -0.2) is 13.1 Å². The number of benzene rings is 1. The van der Waals surface area contributed by atoms with E-state index in [2.05, 4.69) is 15.7 Å². The second-order valence-electron chi connectivity index (χ2n) is 7.66. The lowest BCUT2D eigenvalue weighted by Crippen LogP contribution is -2.37. The molecule has 160 valence electrons. The smallest absolute Gasteiger partial charge is 0.254 e. The minimum Gasteiger partial charge on any atom is -0.385 e. The molecule has 11 heteroatoms. The Morgan fingerprint density at radius 1 is 1.33 bits per heavy atom. The SMILES string of the molecule is CC(=O)Nc1ccc2c(c1)C(C(=O)n1nc(N)c3c1CN(S(C)(=O)=O)CC3)CCN2. The third kappa shape index (κ3) is 3.65. The Hall–Kier alpha value is -2.92. The fraction of sp³-hybridized carbons (Fsp3) is 0.421. The van der Waals surface area contributed by atoms with Gasteiger partial charge in [0.15, 0.2) is 0 Å². The summed E-state index contributed by atoms with van der Waals surface area (Å²) in [4.78, 5) is 24.9. The predicted molar refractivity (Wildman–Crippen MR) is 113 cm³/mol. The summed E-state index contributed by atoms with van der Waals surface area (Å²) in [7, 11) is -3.40. The lowest BCUT2D eigenvalue weighted by atomic mass is 9.89. The molecule has 0 spiro atoms. The van der Waals surface area contributed by atoms with Crippen LogP contribution in [-0.4, -0.2) is 53.7 Å². The third-order valence-electron chi connectivity index (χ3n) is 5.53. The van der Waals surface area contributed by atoms with Crippen LogP contribution in [0.15, 0.2) is 18.2 Å². The second kappa shape index (κ2) is 7.40. The molecule has 1 amide bonds. The minimum absolute atomic E-state index is 0.0634. The first-order chi connectivity index (χ1) is 14.1. The first-order valence-electron chi connectivity index (χ1n) is 9.66. The number of hydrogen-bond acceptors (Lipinski definition) is 7. The molecule has 0 aliphatic carbocycles. The fourth-order valence-electron chi connectivity index (χ4n) is 4.09. The molecule has 10 nitrogen and oxygen atoms in total. The topological polar surface area (TPSA) is 139 Å². The van der Waals surface area contributed by atoms with E-state index >= 15 is 0 Å². The molecule has 2 aromatic rings. The van der Waals surface area contributed by atoms with Crippen molar-refractivity contribution in [1.29, 1.82) is 0 Å². The first kappa shape index (κ1) is 20.4. The Morgan fingerprint density at radius 3 is 2.80 bits per heavy atom. The zero-order valence-corrected chi connectivity index (χ0v) is 17.6. The molecule has 2 aliphatic heterocycles. The van der Waals surface area contributed by atoms with E-state index < -0.39 is 15.9 Å². The summed E-state index contributed by atoms with van der Waals surface area (Å²) in [6, 6.07) is 5.39. The Morgan fingerprint density at radius 2 is 2.10 bits per heavy atom. The van der Waals surface area contributed by atoms with E-state index in [0.29, 0.717) is 37.3 Å². The van der Waals surface area contributed by atoms with E-state index in [1.165, 1.54) is 15.9 Å². The maximum absolute atomic E-state index is 13.5. The molecule has 0 saturated heterocycles. The van der Waals surface area contributed by atoms with Crippen molar-refractivity contribution in [1.82, 2.24) is 14.1 Å². The summed E-state index contributed by atoms with van der Waals surface area (Å²) >= 11 is 0. The van der Waals surface area contributed by atoms with Crippen molar-refractivity contribution in [2.24, 2.45) is 0 Å². The largest absolute Gasteiger partial charge is 0.385 e. The van der Waals surface area contributed by atoms with Crippen LogP contribution in [0.3, 0.4) is 0 Å². The predicted octanol–water partition coefficient (Wildman–Crippen LogP) is 0.981. The van der Waals surface area contributed by atoms with Crippen LogP contribution in [0.4, 0.5) is 17.2 Å². The number of rotatable bonds is 3. The highest BCUT2D eigenvalue weighted by molar-refractivity contribution is 7.88. The highest BCUT2D eigenvalue weighted by atomic mass is 32.2. The number of aromatic nitrogens is 2. The van der Waals surface area contributed by atoms with Gasteiger partial charge in [-0.05, 0) is 36.6 Å². The molecule has 2 aliphatic rings. The van der Waals surface area contributed by atoms with Crippen LogP contribution in [0.1, 0.15) is 40.9 Å². The van der Waals surface area contributed by atoms with E-state index in [4.69, 9.17) is 5.73 Å². The summed E-state index contributed by atoms with van der Waals surface area (Å²) in [5, 5.41) is 10.3. The van der Waals surface area contributed by atoms with Crippen LogP contribution in [0.5, 0.6) is 0 Å². The van der Waals surface area contributed by atoms with Gasteiger partial charge in [0.05, 0.1) is 24.4 Å². The Labute approximate surface area is 174 Å². The Bertz CT molecular complexity index is 1140. The van der Waals surface area contributed by atoms with Crippen LogP contribution in [0.25, 0.3) is 0 Å². The number of nitrogens with zero attached hydrogens (tertiary/aromatic N) is 3. The van der Waals surface area contributed by atoms with Crippen LogP contribution in [0.2, 0.25) is 0 Å². The van der Waals surface area contributed by atoms with Crippen molar-refractivity contribution >= 4 is 39.0 Å². The number of nitrogen functional groups attached to an aromatic ring is 1. The van der Waals surface area contributed by atoms with Crippen LogP contribution in [0, 0.1) is 0 Å². The molecule has 1 atom stereocenters. The quantitative estimate of drug-likeness (QED) is 0.657. The van der Waals surface area contributed by atoms with E-state index in [-0.39, 0.29) is 24.2 Å². The van der Waals surface area contributed by atoms with Gasteiger partial charge >= 0.3 is 0 Å². The molecule has 1 aromatic heterocycles. The number of sulfonamides is 1. The molecule has 0 saturated carbocycles. The molecular formula is C19H24N6O4S. The van der Waals surface area contributed by atoms with Crippen molar-refractivity contribution in [3.05, 3.63) is 35.0 Å². The van der Waals surface area contributed by atoms with Gasteiger partial charge in [-0.3, -0.25) is 9.59 Å². The highest BCUT2D eigenvalue weighted by Crippen LogP contribution is 2.36. The number of nitrogens with one attached hydrogen (secondary N) is 2. The molecule has 30 heavy (non-hydrogen) atoms. The molecule has 3 heterocycles. The van der Waals surface area contributed by atoms with Gasteiger partial charge in [-0.2, -0.15) is 4.31 Å². The summed E-state index contributed by atoms with van der Waals surface area (Å²) in [5.41, 5.74) is 9.48. The van der Waals surface area contributed by atoms with Gasteiger partial charge < -0.3 is 16.4 Å². The van der Waals surface area contributed by atoms with Crippen molar-refractivity contribution in [3.63, 3.8) is 0 Å². The molecule has 4 rings (SSSR count). The number of hydrogen-bond donors (Lipinski definition) is 3. The third-order valence-corrected chi connectivity index (χ3v) is 6.78. The molecule has 0 fully saturated rings.